The lowest BCUT2D eigenvalue weighted by atomic mass is 10.2. The van der Waals surface area contributed by atoms with Crippen LogP contribution in [-0.2, 0) is 16.1 Å². The molecular weight excluding hydrogens is 311 g/mol. The van der Waals surface area contributed by atoms with Crippen molar-refractivity contribution in [1.82, 2.24) is 10.2 Å². The van der Waals surface area contributed by atoms with E-state index in [2.05, 4.69) is 10.2 Å². The third-order valence-corrected chi connectivity index (χ3v) is 3.94. The van der Waals surface area contributed by atoms with E-state index in [0.717, 1.165) is 18.7 Å². The molecule has 1 N–H and O–H groups in total. The molecule has 0 saturated carbocycles. The molecule has 21 heavy (non-hydrogen) atoms. The zero-order chi connectivity index (χ0) is 15.4. The lowest BCUT2D eigenvalue weighted by Crippen LogP contribution is -2.49. The van der Waals surface area contributed by atoms with Gasteiger partial charge in [0.15, 0.2) is 0 Å². The fourth-order valence-corrected chi connectivity index (χ4v) is 3.01. The van der Waals surface area contributed by atoms with Gasteiger partial charge in [-0.05, 0) is 31.5 Å². The molecule has 1 heterocycles. The van der Waals surface area contributed by atoms with Gasteiger partial charge in [-0.15, -0.1) is 0 Å². The van der Waals surface area contributed by atoms with E-state index in [1.54, 1.807) is 12.1 Å². The van der Waals surface area contributed by atoms with Crippen LogP contribution in [0.1, 0.15) is 19.4 Å². The van der Waals surface area contributed by atoms with Gasteiger partial charge in [0.1, 0.15) is 0 Å². The van der Waals surface area contributed by atoms with Gasteiger partial charge < -0.3 is 10.1 Å². The second-order valence-corrected chi connectivity index (χ2v) is 6.31. The van der Waals surface area contributed by atoms with E-state index >= 15 is 0 Å². The third-order valence-electron chi connectivity index (χ3n) is 3.35. The van der Waals surface area contributed by atoms with Gasteiger partial charge in [-0.2, -0.15) is 0 Å². The highest BCUT2D eigenvalue weighted by Crippen LogP contribution is 2.20. The Balaban J connectivity index is 1.82. The number of halogens is 2. The number of rotatable bonds is 4. The molecule has 1 saturated heterocycles. The van der Waals surface area contributed by atoms with Crippen LogP contribution >= 0.6 is 23.2 Å². The van der Waals surface area contributed by atoms with Crippen LogP contribution in [0.25, 0.3) is 0 Å². The van der Waals surface area contributed by atoms with Crippen LogP contribution in [0.3, 0.4) is 0 Å². The molecule has 4 nitrogen and oxygen atoms in total. The number of morpholine rings is 1. The zero-order valence-corrected chi connectivity index (χ0v) is 13.7. The second kappa shape index (κ2) is 7.45. The second-order valence-electron chi connectivity index (χ2n) is 5.46. The Bertz CT molecular complexity index is 500. The van der Waals surface area contributed by atoms with Gasteiger partial charge in [0.05, 0.1) is 18.8 Å². The molecule has 0 aliphatic carbocycles. The topological polar surface area (TPSA) is 41.6 Å². The van der Waals surface area contributed by atoms with Gasteiger partial charge in [-0.1, -0.05) is 29.3 Å². The quantitative estimate of drug-likeness (QED) is 0.922. The minimum atomic E-state index is -0.0117. The standard InChI is InChI=1S/C15H20Cl2N2O2/c1-10-7-19(8-11(2)21-10)9-15(20)18-6-12-3-4-13(16)5-14(12)17/h3-5,10-11H,6-9H2,1-2H3,(H,18,20)/t10-,11-/m0/s1. The molecule has 0 radical (unpaired) electrons. The van der Waals surface area contributed by atoms with Crippen molar-refractivity contribution in [1.29, 1.82) is 0 Å². The van der Waals surface area contributed by atoms with Crippen LogP contribution in [0.4, 0.5) is 0 Å². The summed E-state index contributed by atoms with van der Waals surface area (Å²) in [5.41, 5.74) is 0.859. The summed E-state index contributed by atoms with van der Waals surface area (Å²) in [5, 5.41) is 4.04. The summed E-state index contributed by atoms with van der Waals surface area (Å²) < 4.78 is 5.65. The lowest BCUT2D eigenvalue weighted by Gasteiger charge is -2.34. The highest BCUT2D eigenvalue weighted by molar-refractivity contribution is 6.35. The maximum atomic E-state index is 12.0. The molecule has 1 amide bonds. The number of nitrogens with zero attached hydrogens (tertiary/aromatic N) is 1. The molecule has 0 unspecified atom stereocenters. The fraction of sp³-hybridized carbons (Fsp3) is 0.533. The van der Waals surface area contributed by atoms with Gasteiger partial charge >= 0.3 is 0 Å². The van der Waals surface area contributed by atoms with E-state index in [1.807, 2.05) is 19.9 Å². The number of benzene rings is 1. The monoisotopic (exact) mass is 330 g/mol. The highest BCUT2D eigenvalue weighted by atomic mass is 35.5. The molecule has 1 aliphatic rings. The maximum Gasteiger partial charge on any atom is 0.234 e. The number of carbonyl (C=O) groups is 1. The van der Waals surface area contributed by atoms with Crippen LogP contribution in [0.2, 0.25) is 10.0 Å². The Morgan fingerprint density at radius 3 is 2.62 bits per heavy atom. The first-order chi connectivity index (χ1) is 9.94. The summed E-state index contributed by atoms with van der Waals surface area (Å²) >= 11 is 11.9. The fourth-order valence-electron chi connectivity index (χ4n) is 2.53. The Morgan fingerprint density at radius 2 is 2.00 bits per heavy atom. The van der Waals surface area contributed by atoms with Crippen molar-refractivity contribution in [3.63, 3.8) is 0 Å². The SMILES string of the molecule is C[C@H]1CN(CC(=O)NCc2ccc(Cl)cc2Cl)C[C@H](C)O1. The molecular formula is C15H20Cl2N2O2. The Hall–Kier alpha value is -0.810. The van der Waals surface area contributed by atoms with E-state index < -0.39 is 0 Å². The van der Waals surface area contributed by atoms with Crippen molar-refractivity contribution in [3.05, 3.63) is 33.8 Å². The van der Waals surface area contributed by atoms with Gasteiger partial charge in [-0.3, -0.25) is 9.69 Å². The molecule has 2 rings (SSSR count). The Labute approximate surface area is 135 Å². The van der Waals surface area contributed by atoms with Crippen molar-refractivity contribution < 1.29 is 9.53 Å². The van der Waals surface area contributed by atoms with E-state index in [0.29, 0.717) is 23.1 Å². The summed E-state index contributed by atoms with van der Waals surface area (Å²) in [4.78, 5) is 14.1. The highest BCUT2D eigenvalue weighted by Gasteiger charge is 2.23. The Morgan fingerprint density at radius 1 is 1.33 bits per heavy atom. The largest absolute Gasteiger partial charge is 0.373 e. The van der Waals surface area contributed by atoms with Gasteiger partial charge in [0.2, 0.25) is 5.91 Å². The summed E-state index contributed by atoms with van der Waals surface area (Å²) in [5.74, 6) is -0.0117. The van der Waals surface area contributed by atoms with Crippen molar-refractivity contribution in [2.75, 3.05) is 19.6 Å². The first-order valence-corrected chi connectivity index (χ1v) is 7.78. The summed E-state index contributed by atoms with van der Waals surface area (Å²) in [6.45, 7) is 6.38. The summed E-state index contributed by atoms with van der Waals surface area (Å²) in [7, 11) is 0. The summed E-state index contributed by atoms with van der Waals surface area (Å²) in [6, 6.07) is 5.26. The normalized spacial score (nSPS) is 23.0. The van der Waals surface area contributed by atoms with E-state index in [1.165, 1.54) is 0 Å². The van der Waals surface area contributed by atoms with Crippen LogP contribution in [0.15, 0.2) is 18.2 Å². The lowest BCUT2D eigenvalue weighted by molar-refractivity contribution is -0.126. The minimum absolute atomic E-state index is 0.0117. The molecule has 1 aliphatic heterocycles. The first-order valence-electron chi connectivity index (χ1n) is 7.02. The number of carbonyl (C=O) groups excluding carboxylic acids is 1. The molecule has 0 spiro atoms. The minimum Gasteiger partial charge on any atom is -0.373 e. The number of nitrogens with one attached hydrogen (secondary N) is 1. The zero-order valence-electron chi connectivity index (χ0n) is 12.2. The molecule has 1 fully saturated rings. The predicted molar refractivity (Wildman–Crippen MR) is 84.8 cm³/mol. The number of ether oxygens (including phenoxy) is 1. The van der Waals surface area contributed by atoms with Crippen LogP contribution < -0.4 is 5.32 Å². The smallest absolute Gasteiger partial charge is 0.234 e. The molecule has 0 aromatic heterocycles. The van der Waals surface area contributed by atoms with Crippen molar-refractivity contribution >= 4 is 29.1 Å². The molecule has 2 atom stereocenters. The van der Waals surface area contributed by atoms with Crippen LogP contribution in [0.5, 0.6) is 0 Å². The average Bonchev–Trinajstić information content (AvgIpc) is 2.36. The van der Waals surface area contributed by atoms with E-state index in [-0.39, 0.29) is 18.1 Å². The van der Waals surface area contributed by atoms with Gasteiger partial charge in [0, 0.05) is 29.7 Å². The molecule has 1 aromatic rings. The van der Waals surface area contributed by atoms with Gasteiger partial charge in [0.25, 0.3) is 0 Å². The maximum absolute atomic E-state index is 12.0. The first kappa shape index (κ1) is 16.6. The number of amides is 1. The van der Waals surface area contributed by atoms with Crippen LogP contribution in [0, 0.1) is 0 Å². The number of hydrogen-bond donors (Lipinski definition) is 1. The van der Waals surface area contributed by atoms with Crippen molar-refractivity contribution in [2.45, 2.75) is 32.6 Å². The number of hydrogen-bond acceptors (Lipinski definition) is 3. The molecule has 6 heteroatoms. The van der Waals surface area contributed by atoms with Crippen molar-refractivity contribution in [3.8, 4) is 0 Å². The van der Waals surface area contributed by atoms with Crippen LogP contribution in [-0.4, -0.2) is 42.6 Å². The molecule has 0 bridgehead atoms. The van der Waals surface area contributed by atoms with E-state index in [9.17, 15) is 4.79 Å². The average molecular weight is 331 g/mol. The Kier molecular flexibility index (Phi) is 5.88. The molecule has 116 valence electrons. The summed E-state index contributed by atoms with van der Waals surface area (Å²) in [6.07, 6.45) is 0.319. The van der Waals surface area contributed by atoms with E-state index in [4.69, 9.17) is 27.9 Å². The van der Waals surface area contributed by atoms with Gasteiger partial charge in [-0.25, -0.2) is 0 Å². The van der Waals surface area contributed by atoms with Crippen molar-refractivity contribution in [2.24, 2.45) is 0 Å². The molecule has 1 aromatic carbocycles. The predicted octanol–water partition coefficient (Wildman–Crippen LogP) is 2.72. The third kappa shape index (κ3) is 5.15.